The summed E-state index contributed by atoms with van der Waals surface area (Å²) in [6.07, 6.45) is 0. The van der Waals surface area contributed by atoms with Gasteiger partial charge < -0.3 is 11.1 Å². The Kier molecular flexibility index (Phi) is 5.54. The first kappa shape index (κ1) is 16.5. The molecule has 1 aromatic rings. The number of amides is 1. The average Bonchev–Trinajstić information content (AvgIpc) is 2.34. The van der Waals surface area contributed by atoms with E-state index in [0.29, 0.717) is 0 Å². The minimum Gasteiger partial charge on any atom is -0.389 e. The molecule has 0 saturated carbocycles. The van der Waals surface area contributed by atoms with Gasteiger partial charge in [0.2, 0.25) is 15.9 Å². The number of carbonyl (C=O) groups excluding carboxylic acids is 1. The van der Waals surface area contributed by atoms with Crippen molar-refractivity contribution in [1.82, 2.24) is 10.0 Å². The summed E-state index contributed by atoms with van der Waals surface area (Å²) in [5.41, 5.74) is 5.18. The maximum atomic E-state index is 13.4. The summed E-state index contributed by atoms with van der Waals surface area (Å²) in [6.45, 7) is 1.49. The highest BCUT2D eigenvalue weighted by atomic mass is 32.2. The van der Waals surface area contributed by atoms with E-state index in [1.54, 1.807) is 0 Å². The van der Waals surface area contributed by atoms with Crippen LogP contribution in [0.3, 0.4) is 0 Å². The van der Waals surface area contributed by atoms with Crippen LogP contribution in [0.2, 0.25) is 0 Å². The van der Waals surface area contributed by atoms with Crippen molar-refractivity contribution in [3.8, 4) is 0 Å². The summed E-state index contributed by atoms with van der Waals surface area (Å²) >= 11 is 4.64. The van der Waals surface area contributed by atoms with Crippen molar-refractivity contribution in [3.63, 3.8) is 0 Å². The fraction of sp³-hybridized carbons (Fsp3) is 0.273. The molecule has 0 heterocycles. The Bertz CT molecular complexity index is 632. The third kappa shape index (κ3) is 4.51. The molecule has 110 valence electrons. The van der Waals surface area contributed by atoms with E-state index in [1.807, 2.05) is 0 Å². The van der Waals surface area contributed by atoms with Gasteiger partial charge in [-0.1, -0.05) is 12.2 Å². The van der Waals surface area contributed by atoms with E-state index in [0.717, 1.165) is 18.2 Å². The average molecular weight is 319 g/mol. The molecule has 0 aromatic heterocycles. The lowest BCUT2D eigenvalue weighted by Gasteiger charge is -2.09. The zero-order chi connectivity index (χ0) is 15.3. The minimum atomic E-state index is -3.81. The summed E-state index contributed by atoms with van der Waals surface area (Å²) in [6, 6.07) is 3.16. The lowest BCUT2D eigenvalue weighted by atomic mass is 10.2. The van der Waals surface area contributed by atoms with Gasteiger partial charge in [0.15, 0.2) is 0 Å². The molecule has 0 aliphatic carbocycles. The summed E-state index contributed by atoms with van der Waals surface area (Å²) < 4.78 is 39.5. The van der Waals surface area contributed by atoms with Crippen molar-refractivity contribution in [2.45, 2.75) is 11.8 Å². The SMILES string of the molecule is CC(=O)NCCNS(=O)(=O)c1ccc(F)c(C(N)=S)c1. The van der Waals surface area contributed by atoms with Crippen molar-refractivity contribution in [2.24, 2.45) is 5.73 Å². The minimum absolute atomic E-state index is 0.0156. The first-order valence-corrected chi connectivity index (χ1v) is 7.46. The largest absolute Gasteiger partial charge is 0.389 e. The molecule has 0 aliphatic rings. The second-order valence-electron chi connectivity index (χ2n) is 3.89. The van der Waals surface area contributed by atoms with Gasteiger partial charge in [0.05, 0.1) is 4.90 Å². The standard InChI is InChI=1S/C11H14FN3O3S2/c1-7(16)14-4-5-15-20(17,18)8-2-3-10(12)9(6-8)11(13)19/h2-3,6,15H,4-5H2,1H3,(H2,13,19)(H,14,16). The maximum Gasteiger partial charge on any atom is 0.240 e. The number of carbonyl (C=O) groups is 1. The van der Waals surface area contributed by atoms with Crippen LogP contribution in [-0.2, 0) is 14.8 Å². The number of benzene rings is 1. The number of hydrogen-bond acceptors (Lipinski definition) is 4. The van der Waals surface area contributed by atoms with Crippen LogP contribution >= 0.6 is 12.2 Å². The lowest BCUT2D eigenvalue weighted by molar-refractivity contribution is -0.118. The van der Waals surface area contributed by atoms with Crippen LogP contribution in [0.15, 0.2) is 23.1 Å². The molecule has 0 spiro atoms. The van der Waals surface area contributed by atoms with E-state index in [4.69, 9.17) is 5.73 Å². The predicted molar refractivity (Wildman–Crippen MR) is 76.2 cm³/mol. The molecule has 0 saturated heterocycles. The van der Waals surface area contributed by atoms with Gasteiger partial charge in [-0.3, -0.25) is 4.79 Å². The highest BCUT2D eigenvalue weighted by Gasteiger charge is 2.16. The summed E-state index contributed by atoms with van der Waals surface area (Å²) in [7, 11) is -3.81. The Morgan fingerprint density at radius 3 is 2.60 bits per heavy atom. The molecule has 9 heteroatoms. The molecule has 0 bridgehead atoms. The van der Waals surface area contributed by atoms with Crippen molar-refractivity contribution >= 4 is 33.1 Å². The van der Waals surface area contributed by atoms with Crippen LogP contribution < -0.4 is 15.8 Å². The van der Waals surface area contributed by atoms with Crippen LogP contribution in [0.5, 0.6) is 0 Å². The van der Waals surface area contributed by atoms with Crippen molar-refractivity contribution in [2.75, 3.05) is 13.1 Å². The number of rotatable bonds is 6. The van der Waals surface area contributed by atoms with Gasteiger partial charge in [-0.15, -0.1) is 0 Å². The Morgan fingerprint density at radius 1 is 1.40 bits per heavy atom. The van der Waals surface area contributed by atoms with E-state index in [2.05, 4.69) is 22.3 Å². The van der Waals surface area contributed by atoms with Gasteiger partial charge in [0.1, 0.15) is 10.8 Å². The molecule has 0 unspecified atom stereocenters. The van der Waals surface area contributed by atoms with Crippen LogP contribution in [0.4, 0.5) is 4.39 Å². The van der Waals surface area contributed by atoms with E-state index in [9.17, 15) is 17.6 Å². The molecule has 20 heavy (non-hydrogen) atoms. The summed E-state index contributed by atoms with van der Waals surface area (Å²) in [5, 5.41) is 2.44. The number of nitrogens with one attached hydrogen (secondary N) is 2. The third-order valence-electron chi connectivity index (χ3n) is 2.30. The predicted octanol–water partition coefficient (Wildman–Crippen LogP) is -0.126. The Labute approximate surface area is 121 Å². The second-order valence-corrected chi connectivity index (χ2v) is 6.09. The normalized spacial score (nSPS) is 11.1. The highest BCUT2D eigenvalue weighted by molar-refractivity contribution is 7.89. The van der Waals surface area contributed by atoms with E-state index in [-0.39, 0.29) is 34.4 Å². The molecule has 0 atom stereocenters. The van der Waals surface area contributed by atoms with Gasteiger partial charge in [-0.25, -0.2) is 17.5 Å². The van der Waals surface area contributed by atoms with Crippen molar-refractivity contribution < 1.29 is 17.6 Å². The molecule has 1 amide bonds. The first-order chi connectivity index (χ1) is 9.24. The van der Waals surface area contributed by atoms with Gasteiger partial charge in [0.25, 0.3) is 0 Å². The summed E-state index contributed by atoms with van der Waals surface area (Å²) in [5.74, 6) is -0.948. The molecule has 4 N–H and O–H groups in total. The Hall–Kier alpha value is -1.58. The molecule has 0 fully saturated rings. The van der Waals surface area contributed by atoms with E-state index in [1.165, 1.54) is 6.92 Å². The third-order valence-corrected chi connectivity index (χ3v) is 3.98. The molecule has 0 aliphatic heterocycles. The zero-order valence-corrected chi connectivity index (χ0v) is 12.3. The zero-order valence-electron chi connectivity index (χ0n) is 10.6. The monoisotopic (exact) mass is 319 g/mol. The fourth-order valence-corrected chi connectivity index (χ4v) is 2.58. The Balaban J connectivity index is 2.85. The van der Waals surface area contributed by atoms with Crippen LogP contribution in [0.25, 0.3) is 0 Å². The van der Waals surface area contributed by atoms with Gasteiger partial charge in [-0.2, -0.15) is 0 Å². The van der Waals surface area contributed by atoms with E-state index >= 15 is 0 Å². The Morgan fingerprint density at radius 2 is 2.05 bits per heavy atom. The smallest absolute Gasteiger partial charge is 0.240 e. The molecular weight excluding hydrogens is 305 g/mol. The highest BCUT2D eigenvalue weighted by Crippen LogP contribution is 2.14. The maximum absolute atomic E-state index is 13.4. The fourth-order valence-electron chi connectivity index (χ4n) is 1.37. The van der Waals surface area contributed by atoms with Gasteiger partial charge >= 0.3 is 0 Å². The second kappa shape index (κ2) is 6.73. The van der Waals surface area contributed by atoms with Crippen LogP contribution in [0.1, 0.15) is 12.5 Å². The lowest BCUT2D eigenvalue weighted by Crippen LogP contribution is -2.33. The van der Waals surface area contributed by atoms with Crippen molar-refractivity contribution in [3.05, 3.63) is 29.6 Å². The molecular formula is C11H14FN3O3S2. The number of sulfonamides is 1. The van der Waals surface area contributed by atoms with E-state index < -0.39 is 15.8 Å². The number of thiocarbonyl (C=S) groups is 1. The number of nitrogens with two attached hydrogens (primary N) is 1. The number of halogens is 1. The molecule has 0 radical (unpaired) electrons. The molecule has 1 aromatic carbocycles. The van der Waals surface area contributed by atoms with Crippen LogP contribution in [-0.4, -0.2) is 32.4 Å². The first-order valence-electron chi connectivity index (χ1n) is 5.57. The summed E-state index contributed by atoms with van der Waals surface area (Å²) in [4.78, 5) is 10.3. The van der Waals surface area contributed by atoms with Crippen LogP contribution in [0, 0.1) is 5.82 Å². The quantitative estimate of drug-likeness (QED) is 0.501. The molecule has 6 nitrogen and oxygen atoms in total. The number of hydrogen-bond donors (Lipinski definition) is 3. The van der Waals surface area contributed by atoms with Gasteiger partial charge in [0, 0.05) is 25.6 Å². The van der Waals surface area contributed by atoms with Gasteiger partial charge in [-0.05, 0) is 18.2 Å². The van der Waals surface area contributed by atoms with Crippen molar-refractivity contribution in [1.29, 1.82) is 0 Å². The topological polar surface area (TPSA) is 101 Å². The molecule has 1 rings (SSSR count).